The van der Waals surface area contributed by atoms with E-state index in [-0.39, 0.29) is 30.1 Å². The van der Waals surface area contributed by atoms with Gasteiger partial charge in [0.05, 0.1) is 25.4 Å². The Hall–Kier alpha value is -2.75. The smallest absolute Gasteiger partial charge is 0.255 e. The van der Waals surface area contributed by atoms with Crippen LogP contribution in [0.1, 0.15) is 42.7 Å². The minimum absolute atomic E-state index is 0.0792. The Labute approximate surface area is 206 Å². The fraction of sp³-hybridized carbons (Fsp3) is 0.577. The third-order valence-electron chi connectivity index (χ3n) is 6.61. The highest BCUT2D eigenvalue weighted by molar-refractivity contribution is 5.76. The Morgan fingerprint density at radius 1 is 1.14 bits per heavy atom. The molecule has 2 aliphatic heterocycles. The van der Waals surface area contributed by atoms with Gasteiger partial charge in [-0.3, -0.25) is 19.5 Å². The second kappa shape index (κ2) is 11.8. The van der Waals surface area contributed by atoms with Crippen LogP contribution >= 0.6 is 0 Å². The summed E-state index contributed by atoms with van der Waals surface area (Å²) in [6.45, 7) is 11.8. The predicted molar refractivity (Wildman–Crippen MR) is 135 cm³/mol. The fourth-order valence-electron chi connectivity index (χ4n) is 4.87. The third kappa shape index (κ3) is 6.90. The van der Waals surface area contributed by atoms with E-state index in [9.17, 15) is 9.59 Å². The normalized spacial score (nSPS) is 21.2. The van der Waals surface area contributed by atoms with Crippen LogP contribution in [0.4, 0.5) is 5.95 Å². The van der Waals surface area contributed by atoms with Gasteiger partial charge in [-0.2, -0.15) is 0 Å². The summed E-state index contributed by atoms with van der Waals surface area (Å²) in [5.41, 5.74) is 3.38. The van der Waals surface area contributed by atoms with E-state index in [4.69, 9.17) is 9.47 Å². The largest absolute Gasteiger partial charge is 0.378 e. The molecule has 9 heteroatoms. The number of carbonyl (C=O) groups excluding carboxylic acids is 1. The van der Waals surface area contributed by atoms with Crippen molar-refractivity contribution in [3.05, 3.63) is 57.0 Å². The highest BCUT2D eigenvalue weighted by Gasteiger charge is 2.23. The first kappa shape index (κ1) is 25.3. The molecular weight excluding hydrogens is 446 g/mol. The molecule has 4 rings (SSSR count). The maximum atomic E-state index is 12.7. The summed E-state index contributed by atoms with van der Waals surface area (Å²) < 4.78 is 11.2. The van der Waals surface area contributed by atoms with Crippen LogP contribution in [0.15, 0.2) is 29.1 Å². The number of hydrogen-bond acceptors (Lipinski definition) is 7. The SMILES string of the molecule is Cc1nc(N2CCOCC2)[nH]c(=O)c1CCC(=O)NCc1ccccc1CN1CC(C)OC(C)C1. The molecule has 2 fully saturated rings. The van der Waals surface area contributed by atoms with Gasteiger partial charge in [0.1, 0.15) is 0 Å². The van der Waals surface area contributed by atoms with Gasteiger partial charge >= 0.3 is 0 Å². The van der Waals surface area contributed by atoms with Crippen molar-refractivity contribution in [2.75, 3.05) is 44.3 Å². The summed E-state index contributed by atoms with van der Waals surface area (Å²) in [7, 11) is 0. The number of carbonyl (C=O) groups is 1. The minimum atomic E-state index is -0.175. The predicted octanol–water partition coefficient (Wildman–Crippen LogP) is 1.77. The molecular formula is C26H37N5O4. The van der Waals surface area contributed by atoms with Gasteiger partial charge in [-0.15, -0.1) is 0 Å². The number of anilines is 1. The number of ether oxygens (including phenoxy) is 2. The molecule has 2 aromatic rings. The van der Waals surface area contributed by atoms with Gasteiger partial charge in [-0.25, -0.2) is 4.98 Å². The van der Waals surface area contributed by atoms with Gasteiger partial charge in [-0.1, -0.05) is 24.3 Å². The van der Waals surface area contributed by atoms with Crippen LogP contribution in [-0.4, -0.2) is 72.4 Å². The Kier molecular flexibility index (Phi) is 8.54. The van der Waals surface area contributed by atoms with Crippen molar-refractivity contribution < 1.29 is 14.3 Å². The monoisotopic (exact) mass is 483 g/mol. The number of hydrogen-bond donors (Lipinski definition) is 2. The number of H-pyrrole nitrogens is 1. The van der Waals surface area contributed by atoms with E-state index in [1.807, 2.05) is 24.0 Å². The Morgan fingerprint density at radius 2 is 1.83 bits per heavy atom. The van der Waals surface area contributed by atoms with Crippen LogP contribution in [0.5, 0.6) is 0 Å². The van der Waals surface area contributed by atoms with Crippen molar-refractivity contribution in [3.63, 3.8) is 0 Å². The summed E-state index contributed by atoms with van der Waals surface area (Å²) >= 11 is 0. The van der Waals surface area contributed by atoms with E-state index in [1.165, 1.54) is 5.56 Å². The number of aryl methyl sites for hydroxylation is 1. The van der Waals surface area contributed by atoms with E-state index in [0.717, 1.165) is 25.2 Å². The topological polar surface area (TPSA) is 99.8 Å². The molecule has 0 spiro atoms. The molecule has 9 nitrogen and oxygen atoms in total. The Morgan fingerprint density at radius 3 is 2.51 bits per heavy atom. The van der Waals surface area contributed by atoms with Crippen LogP contribution in [0, 0.1) is 6.92 Å². The second-order valence-electron chi connectivity index (χ2n) is 9.55. The first-order valence-electron chi connectivity index (χ1n) is 12.5. The number of nitrogens with one attached hydrogen (secondary N) is 2. The number of morpholine rings is 2. The lowest BCUT2D eigenvalue weighted by atomic mass is 10.1. The molecule has 1 aromatic heterocycles. The fourth-order valence-corrected chi connectivity index (χ4v) is 4.87. The molecule has 0 radical (unpaired) electrons. The lowest BCUT2D eigenvalue weighted by Crippen LogP contribution is -2.45. The van der Waals surface area contributed by atoms with Crippen LogP contribution in [0.2, 0.25) is 0 Å². The molecule has 1 amide bonds. The van der Waals surface area contributed by atoms with E-state index in [1.54, 1.807) is 0 Å². The lowest BCUT2D eigenvalue weighted by molar-refractivity contribution is -0.121. The molecule has 1 aromatic carbocycles. The number of nitrogens with zero attached hydrogens (tertiary/aromatic N) is 3. The van der Waals surface area contributed by atoms with Crippen molar-refractivity contribution in [1.29, 1.82) is 0 Å². The highest BCUT2D eigenvalue weighted by Crippen LogP contribution is 2.17. The molecule has 0 aliphatic carbocycles. The van der Waals surface area contributed by atoms with Gasteiger partial charge in [0, 0.05) is 56.9 Å². The molecule has 0 bridgehead atoms. The van der Waals surface area contributed by atoms with Crippen LogP contribution in [0.25, 0.3) is 0 Å². The molecule has 2 N–H and O–H groups in total. The summed E-state index contributed by atoms with van der Waals surface area (Å²) in [6.07, 6.45) is 1.03. The zero-order valence-electron chi connectivity index (χ0n) is 21.0. The molecule has 2 saturated heterocycles. The van der Waals surface area contributed by atoms with Crippen LogP contribution in [0.3, 0.4) is 0 Å². The maximum absolute atomic E-state index is 12.7. The first-order valence-corrected chi connectivity index (χ1v) is 12.5. The van der Waals surface area contributed by atoms with Crippen molar-refractivity contribution in [1.82, 2.24) is 20.2 Å². The maximum Gasteiger partial charge on any atom is 0.255 e. The van der Waals surface area contributed by atoms with E-state index in [2.05, 4.69) is 46.2 Å². The number of amides is 1. The van der Waals surface area contributed by atoms with Gasteiger partial charge < -0.3 is 19.7 Å². The van der Waals surface area contributed by atoms with Crippen molar-refractivity contribution in [2.45, 2.75) is 58.9 Å². The average molecular weight is 484 g/mol. The zero-order chi connectivity index (χ0) is 24.8. The zero-order valence-corrected chi connectivity index (χ0v) is 21.0. The first-order chi connectivity index (χ1) is 16.9. The lowest BCUT2D eigenvalue weighted by Gasteiger charge is -2.35. The molecule has 0 saturated carbocycles. The van der Waals surface area contributed by atoms with Gasteiger partial charge in [0.25, 0.3) is 5.56 Å². The van der Waals surface area contributed by atoms with E-state index >= 15 is 0 Å². The van der Waals surface area contributed by atoms with Crippen LogP contribution in [-0.2, 0) is 33.8 Å². The summed E-state index contributed by atoms with van der Waals surface area (Å²) in [5.74, 6) is 0.495. The minimum Gasteiger partial charge on any atom is -0.378 e. The van der Waals surface area contributed by atoms with Crippen molar-refractivity contribution in [2.24, 2.45) is 0 Å². The molecule has 190 valence electrons. The number of aromatic amines is 1. The number of rotatable bonds is 8. The molecule has 35 heavy (non-hydrogen) atoms. The standard InChI is InChI=1S/C26H37N5O4/c1-18-15-30(16-19(2)35-18)17-22-7-5-4-6-21(22)14-27-24(32)9-8-23-20(3)28-26(29-25(23)33)31-10-12-34-13-11-31/h4-7,18-19H,8-17H2,1-3H3,(H,27,32)(H,28,29,33). The number of benzene rings is 1. The third-order valence-corrected chi connectivity index (χ3v) is 6.61. The second-order valence-corrected chi connectivity index (χ2v) is 9.55. The van der Waals surface area contributed by atoms with Crippen LogP contribution < -0.4 is 15.8 Å². The number of aromatic nitrogens is 2. The molecule has 2 unspecified atom stereocenters. The summed E-state index contributed by atoms with van der Waals surface area (Å²) in [4.78, 5) is 37.2. The summed E-state index contributed by atoms with van der Waals surface area (Å²) in [5, 5.41) is 3.03. The summed E-state index contributed by atoms with van der Waals surface area (Å²) in [6, 6.07) is 8.22. The average Bonchev–Trinajstić information content (AvgIpc) is 2.83. The van der Waals surface area contributed by atoms with E-state index < -0.39 is 0 Å². The van der Waals surface area contributed by atoms with Gasteiger partial charge in [0.2, 0.25) is 11.9 Å². The van der Waals surface area contributed by atoms with Gasteiger partial charge in [0.15, 0.2) is 0 Å². The Bertz CT molecular complexity index is 1060. The van der Waals surface area contributed by atoms with Gasteiger partial charge in [-0.05, 0) is 38.3 Å². The highest BCUT2D eigenvalue weighted by atomic mass is 16.5. The molecule has 2 atom stereocenters. The van der Waals surface area contributed by atoms with Crippen molar-refractivity contribution >= 4 is 11.9 Å². The molecule has 3 heterocycles. The van der Waals surface area contributed by atoms with E-state index in [0.29, 0.717) is 56.5 Å². The molecule has 2 aliphatic rings. The Balaban J connectivity index is 1.31. The van der Waals surface area contributed by atoms with Crippen molar-refractivity contribution in [3.8, 4) is 0 Å². The quantitative estimate of drug-likeness (QED) is 0.590.